The normalized spacial score (nSPS) is 24.0. The van der Waals surface area contributed by atoms with Crippen LogP contribution >= 0.6 is 0 Å². The monoisotopic (exact) mass is 257 g/mol. The smallest absolute Gasteiger partial charge is 0.195 e. The largest absolute Gasteiger partial charge is 0.305 e. The molecule has 1 aliphatic rings. The fourth-order valence-electron chi connectivity index (χ4n) is 2.25. The number of carbonyl (C=O) groups is 1. The highest BCUT2D eigenvalue weighted by molar-refractivity contribution is 6.03. The number of hydrogen-bond acceptors (Lipinski definition) is 2. The van der Waals surface area contributed by atoms with Gasteiger partial charge in [-0.2, -0.15) is 0 Å². The number of Topliss-reactive ketones (excluding diaryl/α,β-unsaturated/α-hetero) is 1. The molecule has 1 aromatic rings. The lowest BCUT2D eigenvalue weighted by atomic mass is 9.83. The molecule has 0 aliphatic carbocycles. The van der Waals surface area contributed by atoms with E-state index >= 15 is 0 Å². The van der Waals surface area contributed by atoms with Gasteiger partial charge in [0.1, 0.15) is 0 Å². The first-order valence-electron chi connectivity index (χ1n) is 5.89. The predicted molar refractivity (Wildman–Crippen MR) is 60.9 cm³/mol. The molecular weight excluding hydrogens is 243 g/mol. The molecule has 2 nitrogen and oxygen atoms in total. The van der Waals surface area contributed by atoms with Crippen molar-refractivity contribution in [3.8, 4) is 0 Å². The second-order valence-electron chi connectivity index (χ2n) is 4.77. The van der Waals surface area contributed by atoms with E-state index in [2.05, 4.69) is 5.32 Å². The molecule has 2 rings (SSSR count). The third-order valence-corrected chi connectivity index (χ3v) is 3.40. The molecular formula is C13H14F3NO. The topological polar surface area (TPSA) is 29.1 Å². The molecule has 98 valence electrons. The molecule has 0 amide bonds. The SMILES string of the molecule is CC1(C(=O)c2ccc(F)c(F)c2F)CCCCN1. The second-order valence-corrected chi connectivity index (χ2v) is 4.77. The molecule has 0 saturated carbocycles. The second kappa shape index (κ2) is 4.72. The Bertz CT molecular complexity index is 481. The maximum atomic E-state index is 13.6. The number of hydrogen-bond donors (Lipinski definition) is 1. The summed E-state index contributed by atoms with van der Waals surface area (Å²) in [7, 11) is 0. The standard InChI is InChI=1S/C13H14F3NO/c1-13(6-2-3-7-17-13)12(18)8-4-5-9(14)11(16)10(8)15/h4-5,17H,2-3,6-7H2,1H3. The number of rotatable bonds is 2. The molecule has 1 unspecified atom stereocenters. The Labute approximate surface area is 103 Å². The molecule has 1 aromatic carbocycles. The Balaban J connectivity index is 2.37. The molecule has 18 heavy (non-hydrogen) atoms. The average Bonchev–Trinajstić information content (AvgIpc) is 2.36. The van der Waals surface area contributed by atoms with Crippen molar-refractivity contribution in [1.29, 1.82) is 0 Å². The summed E-state index contributed by atoms with van der Waals surface area (Å²) in [6, 6.07) is 1.77. The lowest BCUT2D eigenvalue weighted by molar-refractivity contribution is 0.0829. The maximum absolute atomic E-state index is 13.6. The van der Waals surface area contributed by atoms with Crippen LogP contribution in [0.5, 0.6) is 0 Å². The van der Waals surface area contributed by atoms with Gasteiger partial charge in [0.05, 0.1) is 11.1 Å². The maximum Gasteiger partial charge on any atom is 0.195 e. The zero-order chi connectivity index (χ0) is 13.3. The van der Waals surface area contributed by atoms with E-state index in [0.717, 1.165) is 25.0 Å². The van der Waals surface area contributed by atoms with Crippen LogP contribution in [0.3, 0.4) is 0 Å². The van der Waals surface area contributed by atoms with Gasteiger partial charge in [-0.1, -0.05) is 0 Å². The van der Waals surface area contributed by atoms with E-state index in [-0.39, 0.29) is 0 Å². The van der Waals surface area contributed by atoms with Crippen LogP contribution in [-0.4, -0.2) is 17.9 Å². The number of halogens is 3. The summed E-state index contributed by atoms with van der Waals surface area (Å²) in [4.78, 5) is 12.2. The molecule has 1 atom stereocenters. The van der Waals surface area contributed by atoms with Gasteiger partial charge in [0.2, 0.25) is 0 Å². The lowest BCUT2D eigenvalue weighted by Gasteiger charge is -2.33. The van der Waals surface area contributed by atoms with Crippen LogP contribution in [0.15, 0.2) is 12.1 Å². The van der Waals surface area contributed by atoms with Gasteiger partial charge in [-0.05, 0) is 44.9 Å². The van der Waals surface area contributed by atoms with Gasteiger partial charge in [0.25, 0.3) is 0 Å². The molecule has 0 radical (unpaired) electrons. The minimum absolute atomic E-state index is 0.397. The summed E-state index contributed by atoms with van der Waals surface area (Å²) in [6.07, 6.45) is 2.36. The Morgan fingerprint density at radius 2 is 1.94 bits per heavy atom. The number of carbonyl (C=O) groups excluding carboxylic acids is 1. The van der Waals surface area contributed by atoms with E-state index < -0.39 is 34.3 Å². The summed E-state index contributed by atoms with van der Waals surface area (Å²) in [5.74, 6) is -4.82. The van der Waals surface area contributed by atoms with Crippen molar-refractivity contribution in [1.82, 2.24) is 5.32 Å². The Morgan fingerprint density at radius 1 is 1.22 bits per heavy atom. The van der Waals surface area contributed by atoms with Crippen molar-refractivity contribution in [2.45, 2.75) is 31.7 Å². The van der Waals surface area contributed by atoms with Crippen LogP contribution in [0, 0.1) is 17.5 Å². The highest BCUT2D eigenvalue weighted by Gasteiger charge is 2.36. The van der Waals surface area contributed by atoms with Gasteiger partial charge in [-0.3, -0.25) is 4.79 Å². The highest BCUT2D eigenvalue weighted by Crippen LogP contribution is 2.26. The van der Waals surface area contributed by atoms with E-state index in [1.54, 1.807) is 6.92 Å². The van der Waals surface area contributed by atoms with Crippen molar-refractivity contribution in [3.63, 3.8) is 0 Å². The van der Waals surface area contributed by atoms with E-state index in [0.29, 0.717) is 13.0 Å². The van der Waals surface area contributed by atoms with E-state index in [1.165, 1.54) is 0 Å². The Morgan fingerprint density at radius 3 is 2.56 bits per heavy atom. The molecule has 1 saturated heterocycles. The summed E-state index contributed by atoms with van der Waals surface area (Å²) < 4.78 is 39.5. The van der Waals surface area contributed by atoms with Gasteiger partial charge >= 0.3 is 0 Å². The van der Waals surface area contributed by atoms with Crippen LogP contribution in [0.2, 0.25) is 0 Å². The number of piperidine rings is 1. The number of benzene rings is 1. The minimum Gasteiger partial charge on any atom is -0.305 e. The van der Waals surface area contributed by atoms with Crippen molar-refractivity contribution in [3.05, 3.63) is 35.1 Å². The third kappa shape index (κ3) is 2.14. The summed E-state index contributed by atoms with van der Waals surface area (Å²) in [5.41, 5.74) is -1.30. The van der Waals surface area contributed by atoms with Crippen molar-refractivity contribution >= 4 is 5.78 Å². The van der Waals surface area contributed by atoms with Crippen molar-refractivity contribution < 1.29 is 18.0 Å². The minimum atomic E-state index is -1.60. The summed E-state index contributed by atoms with van der Waals surface area (Å²) in [5, 5.41) is 3.02. The van der Waals surface area contributed by atoms with Gasteiger partial charge in [0.15, 0.2) is 23.2 Å². The zero-order valence-corrected chi connectivity index (χ0v) is 10.0. The van der Waals surface area contributed by atoms with E-state index in [9.17, 15) is 18.0 Å². The molecule has 1 heterocycles. The quantitative estimate of drug-likeness (QED) is 0.652. The number of nitrogens with one attached hydrogen (secondary N) is 1. The predicted octanol–water partition coefficient (Wildman–Crippen LogP) is 2.82. The molecule has 0 spiro atoms. The van der Waals surface area contributed by atoms with Crippen LogP contribution in [0.1, 0.15) is 36.5 Å². The fraction of sp³-hybridized carbons (Fsp3) is 0.462. The van der Waals surface area contributed by atoms with E-state index in [1.807, 2.05) is 0 Å². The fourth-order valence-corrected chi connectivity index (χ4v) is 2.25. The van der Waals surface area contributed by atoms with Crippen LogP contribution in [-0.2, 0) is 0 Å². The van der Waals surface area contributed by atoms with Gasteiger partial charge < -0.3 is 5.32 Å². The van der Waals surface area contributed by atoms with E-state index in [4.69, 9.17) is 0 Å². The third-order valence-electron chi connectivity index (χ3n) is 3.40. The summed E-state index contributed by atoms with van der Waals surface area (Å²) >= 11 is 0. The van der Waals surface area contributed by atoms with Crippen LogP contribution in [0.4, 0.5) is 13.2 Å². The average molecular weight is 257 g/mol. The Hall–Kier alpha value is -1.36. The molecule has 0 aromatic heterocycles. The molecule has 0 bridgehead atoms. The highest BCUT2D eigenvalue weighted by atomic mass is 19.2. The Kier molecular flexibility index (Phi) is 3.43. The first-order chi connectivity index (χ1) is 8.46. The van der Waals surface area contributed by atoms with Gasteiger partial charge in [0, 0.05) is 0 Å². The van der Waals surface area contributed by atoms with Crippen LogP contribution < -0.4 is 5.32 Å². The number of ketones is 1. The molecule has 1 aliphatic heterocycles. The lowest BCUT2D eigenvalue weighted by Crippen LogP contribution is -2.52. The molecule has 1 fully saturated rings. The van der Waals surface area contributed by atoms with Crippen molar-refractivity contribution in [2.75, 3.05) is 6.54 Å². The first kappa shape index (κ1) is 13.1. The molecule has 5 heteroatoms. The van der Waals surface area contributed by atoms with Gasteiger partial charge in [-0.25, -0.2) is 13.2 Å². The summed E-state index contributed by atoms with van der Waals surface area (Å²) in [6.45, 7) is 2.32. The molecule has 1 N–H and O–H groups in total. The van der Waals surface area contributed by atoms with Crippen molar-refractivity contribution in [2.24, 2.45) is 0 Å². The van der Waals surface area contributed by atoms with Gasteiger partial charge in [-0.15, -0.1) is 0 Å². The van der Waals surface area contributed by atoms with Crippen LogP contribution in [0.25, 0.3) is 0 Å². The first-order valence-corrected chi connectivity index (χ1v) is 5.89. The zero-order valence-electron chi connectivity index (χ0n) is 10.0.